The van der Waals surface area contributed by atoms with E-state index in [9.17, 15) is 15.0 Å². The number of phenolic OH excluding ortho intramolecular Hbond substituents is 2. The van der Waals surface area contributed by atoms with E-state index < -0.39 is 5.97 Å². The third kappa shape index (κ3) is 3.24. The van der Waals surface area contributed by atoms with Crippen molar-refractivity contribution in [2.24, 2.45) is 22.7 Å². The van der Waals surface area contributed by atoms with Crippen molar-refractivity contribution in [3.63, 3.8) is 0 Å². The smallest absolute Gasteiger partial charge is 0.308 e. The van der Waals surface area contributed by atoms with Crippen LogP contribution in [0.1, 0.15) is 65.9 Å². The van der Waals surface area contributed by atoms with Gasteiger partial charge in [-0.15, -0.1) is 0 Å². The molecule has 0 saturated heterocycles. The van der Waals surface area contributed by atoms with Crippen LogP contribution < -0.4 is 4.74 Å². The van der Waals surface area contributed by atoms with Crippen molar-refractivity contribution >= 4 is 5.97 Å². The molecule has 0 aromatic heterocycles. The van der Waals surface area contributed by atoms with Crippen molar-refractivity contribution in [3.8, 4) is 17.2 Å². The first-order valence-corrected chi connectivity index (χ1v) is 9.99. The Kier molecular flexibility index (Phi) is 5.04. The number of phenols is 2. The maximum absolute atomic E-state index is 11.6. The first-order valence-electron chi connectivity index (χ1n) is 9.99. The van der Waals surface area contributed by atoms with E-state index >= 15 is 0 Å². The molecule has 0 aliphatic heterocycles. The molecule has 4 nitrogen and oxygen atoms in total. The Morgan fingerprint density at radius 3 is 2.56 bits per heavy atom. The summed E-state index contributed by atoms with van der Waals surface area (Å²) in [6, 6.07) is 2.86. The summed E-state index contributed by atoms with van der Waals surface area (Å²) in [4.78, 5) is 11.6. The van der Waals surface area contributed by atoms with Crippen LogP contribution in [-0.4, -0.2) is 16.2 Å². The monoisotopic (exact) mass is 372 g/mol. The minimum absolute atomic E-state index is 0.0668. The van der Waals surface area contributed by atoms with Crippen molar-refractivity contribution in [1.29, 1.82) is 0 Å². The maximum atomic E-state index is 11.6. The lowest BCUT2D eigenvalue weighted by atomic mass is 9.47. The number of aromatic hydroxyl groups is 2. The number of carbonyl (C=O) groups excluding carboxylic acids is 1. The van der Waals surface area contributed by atoms with Gasteiger partial charge in [0.05, 0.1) is 0 Å². The third-order valence-corrected chi connectivity index (χ3v) is 7.61. The van der Waals surface area contributed by atoms with Crippen molar-refractivity contribution in [2.75, 3.05) is 0 Å². The summed E-state index contributed by atoms with van der Waals surface area (Å²) in [5, 5.41) is 20.8. The molecule has 0 radical (unpaired) electrons. The molecule has 2 N–H and O–H groups in total. The normalized spacial score (nSPS) is 33.1. The van der Waals surface area contributed by atoms with Crippen LogP contribution in [0.25, 0.3) is 0 Å². The minimum Gasteiger partial charge on any atom is -0.508 e. The van der Waals surface area contributed by atoms with E-state index in [1.165, 1.54) is 31.1 Å². The van der Waals surface area contributed by atoms with Gasteiger partial charge in [0.1, 0.15) is 5.75 Å². The van der Waals surface area contributed by atoms with Gasteiger partial charge in [-0.25, -0.2) is 0 Å². The molecule has 0 bridgehead atoms. The molecule has 0 heterocycles. The predicted octanol–water partition coefficient (Wildman–Crippen LogP) is 5.36. The van der Waals surface area contributed by atoms with Crippen molar-refractivity contribution in [2.45, 2.75) is 66.7 Å². The van der Waals surface area contributed by atoms with Gasteiger partial charge in [-0.05, 0) is 73.8 Å². The van der Waals surface area contributed by atoms with E-state index in [2.05, 4.69) is 33.8 Å². The zero-order valence-corrected chi connectivity index (χ0v) is 17.1. The topological polar surface area (TPSA) is 66.8 Å². The lowest BCUT2D eigenvalue weighted by Crippen LogP contribution is -2.50. The van der Waals surface area contributed by atoms with Gasteiger partial charge in [-0.3, -0.25) is 4.79 Å². The van der Waals surface area contributed by atoms with Gasteiger partial charge in [0.2, 0.25) is 0 Å². The van der Waals surface area contributed by atoms with E-state index in [0.717, 1.165) is 19.3 Å². The number of fused-ring (bicyclic) bond motifs is 1. The summed E-state index contributed by atoms with van der Waals surface area (Å²) >= 11 is 0. The van der Waals surface area contributed by atoms with E-state index in [0.29, 0.717) is 23.8 Å². The second kappa shape index (κ2) is 6.88. The molecule has 1 aromatic rings. The number of hydrogen-bond acceptors (Lipinski definition) is 4. The van der Waals surface area contributed by atoms with Crippen molar-refractivity contribution in [1.82, 2.24) is 0 Å². The maximum Gasteiger partial charge on any atom is 0.308 e. The molecule has 3 rings (SSSR count). The zero-order chi connectivity index (χ0) is 20.0. The number of carbonyl (C=O) groups is 1. The largest absolute Gasteiger partial charge is 0.508 e. The second-order valence-electron chi connectivity index (χ2n) is 9.06. The highest BCUT2D eigenvalue weighted by atomic mass is 16.5. The fraction of sp³-hybridized carbons (Fsp3) is 0.609. The molecule has 2 aliphatic carbocycles. The highest BCUT2D eigenvalue weighted by Crippen LogP contribution is 2.62. The lowest BCUT2D eigenvalue weighted by Gasteiger charge is -2.58. The standard InChI is InChI=1S/C23H32O4/c1-14-7-6-8-20-22(14,4)12-11-15(2)23(20,5)13-17-18(25)9-10-19(26)21(17)27-16(3)24/h7,9-10,15,20,25-26H,6,8,11-13H2,1-5H3. The van der Waals surface area contributed by atoms with Crippen LogP contribution >= 0.6 is 0 Å². The average molecular weight is 373 g/mol. The molecule has 1 saturated carbocycles. The Labute approximate surface area is 162 Å². The molecule has 1 fully saturated rings. The van der Waals surface area contributed by atoms with E-state index in [1.807, 2.05) is 0 Å². The molecule has 2 aliphatic rings. The number of allylic oxidation sites excluding steroid dienone is 2. The predicted molar refractivity (Wildman–Crippen MR) is 106 cm³/mol. The van der Waals surface area contributed by atoms with E-state index in [-0.39, 0.29) is 28.1 Å². The summed E-state index contributed by atoms with van der Waals surface area (Å²) in [7, 11) is 0. The summed E-state index contributed by atoms with van der Waals surface area (Å²) in [6.45, 7) is 10.5. The third-order valence-electron chi connectivity index (χ3n) is 7.61. The Hall–Kier alpha value is -1.97. The summed E-state index contributed by atoms with van der Waals surface area (Å²) in [5.74, 6) is 0.519. The van der Waals surface area contributed by atoms with Gasteiger partial charge < -0.3 is 14.9 Å². The Bertz CT molecular complexity index is 781. The van der Waals surface area contributed by atoms with Gasteiger partial charge >= 0.3 is 5.97 Å². The molecular formula is C23H32O4. The molecular weight excluding hydrogens is 340 g/mol. The van der Waals surface area contributed by atoms with Crippen LogP contribution in [0.3, 0.4) is 0 Å². The quantitative estimate of drug-likeness (QED) is 0.324. The molecule has 0 spiro atoms. The number of rotatable bonds is 3. The number of ether oxygens (including phenoxy) is 1. The lowest BCUT2D eigenvalue weighted by molar-refractivity contribution is -0.132. The molecule has 4 atom stereocenters. The minimum atomic E-state index is -0.500. The summed E-state index contributed by atoms with van der Waals surface area (Å²) in [6.07, 6.45) is 7.46. The van der Waals surface area contributed by atoms with Gasteiger partial charge in [-0.1, -0.05) is 32.4 Å². The van der Waals surface area contributed by atoms with Crippen LogP contribution in [0.4, 0.5) is 0 Å². The van der Waals surface area contributed by atoms with Gasteiger partial charge in [-0.2, -0.15) is 0 Å². The van der Waals surface area contributed by atoms with Crippen molar-refractivity contribution in [3.05, 3.63) is 29.3 Å². The first-order chi connectivity index (χ1) is 12.6. The molecule has 148 valence electrons. The number of hydrogen-bond donors (Lipinski definition) is 2. The summed E-state index contributed by atoms with van der Waals surface area (Å²) < 4.78 is 5.30. The molecule has 4 unspecified atom stereocenters. The molecule has 0 amide bonds. The van der Waals surface area contributed by atoms with Crippen LogP contribution in [0.2, 0.25) is 0 Å². The SMILES string of the molecule is CC(=O)Oc1c(O)ccc(O)c1CC1(C)C(C)CCC2(C)C(C)=CCCC21. The molecule has 1 aromatic carbocycles. The van der Waals surface area contributed by atoms with Gasteiger partial charge in [0.15, 0.2) is 11.5 Å². The summed E-state index contributed by atoms with van der Waals surface area (Å²) in [5.41, 5.74) is 2.10. The first kappa shape index (κ1) is 19.8. The van der Waals surface area contributed by atoms with Crippen LogP contribution in [0, 0.1) is 22.7 Å². The van der Waals surface area contributed by atoms with Crippen LogP contribution in [0.5, 0.6) is 17.2 Å². The highest BCUT2D eigenvalue weighted by Gasteiger charge is 2.53. The Morgan fingerprint density at radius 1 is 1.22 bits per heavy atom. The fourth-order valence-corrected chi connectivity index (χ4v) is 5.62. The van der Waals surface area contributed by atoms with E-state index in [1.54, 1.807) is 0 Å². The van der Waals surface area contributed by atoms with Crippen molar-refractivity contribution < 1.29 is 19.7 Å². The fourth-order valence-electron chi connectivity index (χ4n) is 5.62. The zero-order valence-electron chi connectivity index (χ0n) is 17.1. The number of benzene rings is 1. The van der Waals surface area contributed by atoms with Gasteiger partial charge in [0.25, 0.3) is 0 Å². The number of esters is 1. The Morgan fingerprint density at radius 2 is 1.89 bits per heavy atom. The van der Waals surface area contributed by atoms with E-state index in [4.69, 9.17) is 4.74 Å². The van der Waals surface area contributed by atoms with Crippen LogP contribution in [-0.2, 0) is 11.2 Å². The second-order valence-corrected chi connectivity index (χ2v) is 9.06. The van der Waals surface area contributed by atoms with Crippen LogP contribution in [0.15, 0.2) is 23.8 Å². The molecule has 27 heavy (non-hydrogen) atoms. The highest BCUT2D eigenvalue weighted by molar-refractivity contribution is 5.72. The Balaban J connectivity index is 2.07. The molecule has 4 heteroatoms. The average Bonchev–Trinajstić information content (AvgIpc) is 2.60. The van der Waals surface area contributed by atoms with Gasteiger partial charge in [0, 0.05) is 12.5 Å².